The Morgan fingerprint density at radius 1 is 1.40 bits per heavy atom. The number of rotatable bonds is 1. The Morgan fingerprint density at radius 3 is 2.60 bits per heavy atom. The van der Waals surface area contributed by atoms with Gasteiger partial charge in [0, 0.05) is 12.1 Å². The Labute approximate surface area is 87.1 Å². The standard InChI is InChI=1S/C11H12FNO2/c12-9-5-6-13(7-9)11(15)8-1-3-10(14)4-2-8/h1-4,9,14H,5-7H2. The highest BCUT2D eigenvalue weighted by Crippen LogP contribution is 2.17. The van der Waals surface area contributed by atoms with E-state index in [-0.39, 0.29) is 18.2 Å². The lowest BCUT2D eigenvalue weighted by Gasteiger charge is -2.14. The van der Waals surface area contributed by atoms with Gasteiger partial charge in [-0.3, -0.25) is 4.79 Å². The maximum atomic E-state index is 12.9. The molecule has 0 bridgehead atoms. The summed E-state index contributed by atoms with van der Waals surface area (Å²) < 4.78 is 12.9. The van der Waals surface area contributed by atoms with Crippen LogP contribution in [0.25, 0.3) is 0 Å². The van der Waals surface area contributed by atoms with Crippen LogP contribution in [0.4, 0.5) is 4.39 Å². The number of hydrogen-bond donors (Lipinski definition) is 1. The molecule has 1 aromatic rings. The average molecular weight is 209 g/mol. The molecule has 1 saturated heterocycles. The van der Waals surface area contributed by atoms with Crippen molar-refractivity contribution >= 4 is 5.91 Å². The van der Waals surface area contributed by atoms with Crippen molar-refractivity contribution in [2.24, 2.45) is 0 Å². The molecule has 1 aromatic carbocycles. The molecule has 0 aliphatic carbocycles. The summed E-state index contributed by atoms with van der Waals surface area (Å²) >= 11 is 0. The molecule has 3 nitrogen and oxygen atoms in total. The highest BCUT2D eigenvalue weighted by atomic mass is 19.1. The molecular weight excluding hydrogens is 197 g/mol. The van der Waals surface area contributed by atoms with Crippen molar-refractivity contribution in [3.63, 3.8) is 0 Å². The number of nitrogens with zero attached hydrogens (tertiary/aromatic N) is 1. The van der Waals surface area contributed by atoms with Gasteiger partial charge >= 0.3 is 0 Å². The highest BCUT2D eigenvalue weighted by molar-refractivity contribution is 5.94. The second-order valence-corrected chi connectivity index (χ2v) is 3.68. The number of amides is 1. The summed E-state index contributed by atoms with van der Waals surface area (Å²) in [5, 5.41) is 9.06. The second kappa shape index (κ2) is 3.88. The predicted octanol–water partition coefficient (Wildman–Crippen LogP) is 1.58. The SMILES string of the molecule is O=C(c1ccc(O)cc1)N1CCC(F)C1. The van der Waals surface area contributed by atoms with Crippen LogP contribution >= 0.6 is 0 Å². The molecule has 0 saturated carbocycles. The third-order valence-electron chi connectivity index (χ3n) is 2.53. The number of carbonyl (C=O) groups excluding carboxylic acids is 1. The fourth-order valence-corrected chi connectivity index (χ4v) is 1.69. The summed E-state index contributed by atoms with van der Waals surface area (Å²) in [6.07, 6.45) is -0.477. The lowest BCUT2D eigenvalue weighted by Crippen LogP contribution is -2.28. The van der Waals surface area contributed by atoms with Gasteiger partial charge in [0.05, 0.1) is 6.54 Å². The Bertz CT molecular complexity index is 363. The average Bonchev–Trinajstić information content (AvgIpc) is 2.65. The van der Waals surface area contributed by atoms with Crippen molar-refractivity contribution in [2.45, 2.75) is 12.6 Å². The van der Waals surface area contributed by atoms with Gasteiger partial charge in [0.15, 0.2) is 0 Å². The summed E-state index contributed by atoms with van der Waals surface area (Å²) in [5.41, 5.74) is 0.488. The zero-order valence-electron chi connectivity index (χ0n) is 8.19. The van der Waals surface area contributed by atoms with E-state index in [1.54, 1.807) is 12.1 Å². The molecule has 1 unspecified atom stereocenters. The molecule has 1 fully saturated rings. The van der Waals surface area contributed by atoms with E-state index < -0.39 is 6.17 Å². The van der Waals surface area contributed by atoms with E-state index in [0.717, 1.165) is 0 Å². The van der Waals surface area contributed by atoms with Gasteiger partial charge in [-0.1, -0.05) is 0 Å². The monoisotopic (exact) mass is 209 g/mol. The first-order valence-corrected chi connectivity index (χ1v) is 4.89. The van der Waals surface area contributed by atoms with Crippen molar-refractivity contribution in [3.8, 4) is 5.75 Å². The number of alkyl halides is 1. The van der Waals surface area contributed by atoms with Gasteiger partial charge in [-0.05, 0) is 30.7 Å². The van der Waals surface area contributed by atoms with Gasteiger partial charge < -0.3 is 10.0 Å². The number of halogens is 1. The molecule has 1 heterocycles. The van der Waals surface area contributed by atoms with E-state index in [1.807, 2.05) is 0 Å². The van der Waals surface area contributed by atoms with Gasteiger partial charge in [0.25, 0.3) is 5.91 Å². The molecule has 0 spiro atoms. The molecule has 1 aliphatic rings. The lowest BCUT2D eigenvalue weighted by atomic mass is 10.2. The molecule has 80 valence electrons. The Hall–Kier alpha value is -1.58. The van der Waals surface area contributed by atoms with Crippen molar-refractivity contribution < 1.29 is 14.3 Å². The Balaban J connectivity index is 2.11. The summed E-state index contributed by atoms with van der Waals surface area (Å²) in [4.78, 5) is 13.3. The molecule has 2 rings (SSSR count). The van der Waals surface area contributed by atoms with Crippen molar-refractivity contribution in [1.29, 1.82) is 0 Å². The number of phenols is 1. The normalized spacial score (nSPS) is 20.6. The first-order valence-electron chi connectivity index (χ1n) is 4.89. The Kier molecular flexibility index (Phi) is 2.58. The Morgan fingerprint density at radius 2 is 2.07 bits per heavy atom. The summed E-state index contributed by atoms with van der Waals surface area (Å²) in [5.74, 6) is -0.0495. The van der Waals surface area contributed by atoms with Gasteiger partial charge in [-0.25, -0.2) is 4.39 Å². The molecule has 0 radical (unpaired) electrons. The van der Waals surface area contributed by atoms with Crippen molar-refractivity contribution in [2.75, 3.05) is 13.1 Å². The van der Waals surface area contributed by atoms with Crippen LogP contribution < -0.4 is 0 Å². The fourth-order valence-electron chi connectivity index (χ4n) is 1.69. The van der Waals surface area contributed by atoms with Gasteiger partial charge in [0.2, 0.25) is 0 Å². The molecular formula is C11H12FNO2. The maximum absolute atomic E-state index is 12.9. The third kappa shape index (κ3) is 2.09. The predicted molar refractivity (Wildman–Crippen MR) is 53.5 cm³/mol. The van der Waals surface area contributed by atoms with E-state index in [1.165, 1.54) is 17.0 Å². The topological polar surface area (TPSA) is 40.5 Å². The van der Waals surface area contributed by atoms with Crippen LogP contribution in [-0.4, -0.2) is 35.2 Å². The van der Waals surface area contributed by atoms with Gasteiger partial charge in [0.1, 0.15) is 11.9 Å². The van der Waals surface area contributed by atoms with Crippen LogP contribution in [0.15, 0.2) is 24.3 Å². The summed E-state index contributed by atoms with van der Waals surface area (Å²) in [7, 11) is 0. The number of benzene rings is 1. The highest BCUT2D eigenvalue weighted by Gasteiger charge is 2.26. The van der Waals surface area contributed by atoms with E-state index >= 15 is 0 Å². The number of carbonyl (C=O) groups is 1. The van der Waals surface area contributed by atoms with E-state index in [4.69, 9.17) is 5.11 Å². The minimum atomic E-state index is -0.897. The van der Waals surface area contributed by atoms with Crippen LogP contribution in [0.2, 0.25) is 0 Å². The van der Waals surface area contributed by atoms with Gasteiger partial charge in [-0.2, -0.15) is 0 Å². The van der Waals surface area contributed by atoms with Crippen LogP contribution in [0.1, 0.15) is 16.8 Å². The van der Waals surface area contributed by atoms with Gasteiger partial charge in [-0.15, -0.1) is 0 Å². The van der Waals surface area contributed by atoms with Crippen LogP contribution in [-0.2, 0) is 0 Å². The molecule has 1 amide bonds. The zero-order chi connectivity index (χ0) is 10.8. The molecule has 4 heteroatoms. The van der Waals surface area contributed by atoms with Crippen molar-refractivity contribution in [1.82, 2.24) is 4.90 Å². The van der Waals surface area contributed by atoms with E-state index in [0.29, 0.717) is 18.5 Å². The third-order valence-corrected chi connectivity index (χ3v) is 2.53. The van der Waals surface area contributed by atoms with E-state index in [9.17, 15) is 9.18 Å². The first kappa shape index (κ1) is 9.96. The van der Waals surface area contributed by atoms with Crippen molar-refractivity contribution in [3.05, 3.63) is 29.8 Å². The van der Waals surface area contributed by atoms with E-state index in [2.05, 4.69) is 0 Å². The maximum Gasteiger partial charge on any atom is 0.253 e. The van der Waals surface area contributed by atoms with Crippen LogP contribution in [0, 0.1) is 0 Å². The number of phenolic OH excluding ortho intramolecular Hbond substituents is 1. The molecule has 0 aromatic heterocycles. The fraction of sp³-hybridized carbons (Fsp3) is 0.364. The second-order valence-electron chi connectivity index (χ2n) is 3.68. The largest absolute Gasteiger partial charge is 0.508 e. The number of likely N-dealkylation sites (tertiary alicyclic amines) is 1. The van der Waals surface area contributed by atoms with Crippen LogP contribution in [0.3, 0.4) is 0 Å². The minimum absolute atomic E-state index is 0.122. The summed E-state index contributed by atoms with van der Waals surface area (Å²) in [6.45, 7) is 0.653. The first-order chi connectivity index (χ1) is 7.16. The zero-order valence-corrected chi connectivity index (χ0v) is 8.19. The minimum Gasteiger partial charge on any atom is -0.508 e. The number of hydrogen-bond acceptors (Lipinski definition) is 2. The lowest BCUT2D eigenvalue weighted by molar-refractivity contribution is 0.0783. The van der Waals surface area contributed by atoms with Crippen LogP contribution in [0.5, 0.6) is 5.75 Å². The number of aromatic hydroxyl groups is 1. The smallest absolute Gasteiger partial charge is 0.253 e. The molecule has 15 heavy (non-hydrogen) atoms. The molecule has 1 atom stereocenters. The molecule has 1 N–H and O–H groups in total. The quantitative estimate of drug-likeness (QED) is 0.762. The molecule has 1 aliphatic heterocycles. The summed E-state index contributed by atoms with van der Waals surface area (Å²) in [6, 6.07) is 6.00.